The third kappa shape index (κ3) is 4.70. The number of benzene rings is 2. The number of para-hydroxylation sites is 1. The second-order valence-electron chi connectivity index (χ2n) is 6.26. The van der Waals surface area contributed by atoms with E-state index in [1.807, 2.05) is 19.1 Å². The maximum Gasteiger partial charge on any atom is 0.387 e. The van der Waals surface area contributed by atoms with Gasteiger partial charge in [0.15, 0.2) is 0 Å². The number of rotatable bonds is 6. The van der Waals surface area contributed by atoms with Gasteiger partial charge in [-0.1, -0.05) is 30.3 Å². The highest BCUT2D eigenvalue weighted by Crippen LogP contribution is 2.22. The van der Waals surface area contributed by atoms with Crippen molar-refractivity contribution in [2.75, 3.05) is 5.01 Å². The molecule has 2 amide bonds. The molecule has 1 heterocycles. The number of halogens is 2. The van der Waals surface area contributed by atoms with Crippen LogP contribution in [0.25, 0.3) is 0 Å². The molecule has 1 aliphatic heterocycles. The Morgan fingerprint density at radius 1 is 1.21 bits per heavy atom. The average molecular weight is 387 g/mol. The van der Waals surface area contributed by atoms with E-state index in [-0.39, 0.29) is 36.8 Å². The Morgan fingerprint density at radius 3 is 2.75 bits per heavy atom. The molecule has 0 bridgehead atoms. The zero-order valence-electron chi connectivity index (χ0n) is 15.2. The van der Waals surface area contributed by atoms with Gasteiger partial charge in [-0.15, -0.1) is 0 Å². The molecular formula is C20H19F2N3O3. The molecule has 0 saturated carbocycles. The summed E-state index contributed by atoms with van der Waals surface area (Å²) in [5, 5.41) is 8.06. The number of nitrogens with zero attached hydrogens (tertiary/aromatic N) is 2. The van der Waals surface area contributed by atoms with Crippen LogP contribution in [-0.2, 0) is 16.1 Å². The molecule has 146 valence electrons. The maximum atomic E-state index is 12.5. The number of amides is 2. The van der Waals surface area contributed by atoms with Crippen molar-refractivity contribution in [3.8, 4) is 5.75 Å². The van der Waals surface area contributed by atoms with Gasteiger partial charge in [0, 0.05) is 24.9 Å². The summed E-state index contributed by atoms with van der Waals surface area (Å²) in [7, 11) is 0. The van der Waals surface area contributed by atoms with Gasteiger partial charge in [-0.25, -0.2) is 5.01 Å². The number of hydrazone groups is 1. The summed E-state index contributed by atoms with van der Waals surface area (Å²) < 4.78 is 29.4. The van der Waals surface area contributed by atoms with Crippen LogP contribution < -0.4 is 15.1 Å². The maximum absolute atomic E-state index is 12.5. The Balaban J connectivity index is 1.72. The fourth-order valence-corrected chi connectivity index (χ4v) is 2.82. The second kappa shape index (κ2) is 8.60. The van der Waals surface area contributed by atoms with Crippen LogP contribution in [0.1, 0.15) is 24.0 Å². The molecule has 0 saturated heterocycles. The Hall–Kier alpha value is -3.29. The number of aryl methyl sites for hydroxylation is 1. The lowest BCUT2D eigenvalue weighted by atomic mass is 10.1. The Morgan fingerprint density at radius 2 is 2.00 bits per heavy atom. The second-order valence-corrected chi connectivity index (χ2v) is 6.26. The van der Waals surface area contributed by atoms with Crippen molar-refractivity contribution in [3.63, 3.8) is 0 Å². The first-order chi connectivity index (χ1) is 13.4. The Bertz CT molecular complexity index is 915. The third-order valence-corrected chi connectivity index (χ3v) is 4.17. The summed E-state index contributed by atoms with van der Waals surface area (Å²) in [6, 6.07) is 13.5. The van der Waals surface area contributed by atoms with Gasteiger partial charge in [0.2, 0.25) is 5.91 Å². The summed E-state index contributed by atoms with van der Waals surface area (Å²) in [6.45, 7) is -1.05. The van der Waals surface area contributed by atoms with Crippen LogP contribution in [0, 0.1) is 6.92 Å². The minimum absolute atomic E-state index is 0.0000481. The standard InChI is InChI=1S/C20H19F2N3O3/c1-13-5-4-7-15(11-13)25-18(26)10-9-16(24-25)19(27)23-12-14-6-2-3-8-17(14)28-20(21)22/h2-8,11,20H,9-10,12H2,1H3,(H,23,27). The van der Waals surface area contributed by atoms with Crippen LogP contribution in [0.4, 0.5) is 14.5 Å². The van der Waals surface area contributed by atoms with E-state index in [1.54, 1.807) is 30.3 Å². The highest BCUT2D eigenvalue weighted by atomic mass is 19.3. The van der Waals surface area contributed by atoms with Gasteiger partial charge in [0.1, 0.15) is 11.5 Å². The summed E-state index contributed by atoms with van der Waals surface area (Å²) in [4.78, 5) is 24.7. The summed E-state index contributed by atoms with van der Waals surface area (Å²) >= 11 is 0. The van der Waals surface area contributed by atoms with Crippen molar-refractivity contribution >= 4 is 23.2 Å². The lowest BCUT2D eigenvalue weighted by molar-refractivity contribution is -0.119. The molecule has 6 nitrogen and oxygen atoms in total. The SMILES string of the molecule is Cc1cccc(N2N=C(C(=O)NCc3ccccc3OC(F)F)CCC2=O)c1. The van der Waals surface area contributed by atoms with Crippen molar-refractivity contribution in [1.82, 2.24) is 5.32 Å². The normalized spacial score (nSPS) is 14.1. The Labute approximate surface area is 160 Å². The molecule has 0 fully saturated rings. The molecular weight excluding hydrogens is 368 g/mol. The van der Waals surface area contributed by atoms with E-state index >= 15 is 0 Å². The number of anilines is 1. The fourth-order valence-electron chi connectivity index (χ4n) is 2.82. The first-order valence-electron chi connectivity index (χ1n) is 8.72. The van der Waals surface area contributed by atoms with E-state index in [1.165, 1.54) is 11.1 Å². The summed E-state index contributed by atoms with van der Waals surface area (Å²) in [5.41, 5.74) is 2.17. The monoisotopic (exact) mass is 387 g/mol. The van der Waals surface area contributed by atoms with Crippen molar-refractivity contribution < 1.29 is 23.1 Å². The molecule has 0 aliphatic carbocycles. The van der Waals surface area contributed by atoms with Crippen molar-refractivity contribution in [2.24, 2.45) is 5.10 Å². The number of hydrogen-bond acceptors (Lipinski definition) is 4. The number of nitrogens with one attached hydrogen (secondary N) is 1. The molecule has 1 aliphatic rings. The fraction of sp³-hybridized carbons (Fsp3) is 0.250. The number of ether oxygens (including phenoxy) is 1. The van der Waals surface area contributed by atoms with E-state index in [0.29, 0.717) is 11.3 Å². The van der Waals surface area contributed by atoms with Gasteiger partial charge < -0.3 is 10.1 Å². The van der Waals surface area contributed by atoms with Gasteiger partial charge >= 0.3 is 6.61 Å². The van der Waals surface area contributed by atoms with Crippen LogP contribution in [-0.4, -0.2) is 24.1 Å². The first kappa shape index (κ1) is 19.5. The lowest BCUT2D eigenvalue weighted by Crippen LogP contribution is -2.39. The average Bonchev–Trinajstić information content (AvgIpc) is 2.67. The minimum atomic E-state index is -2.95. The molecule has 8 heteroatoms. The predicted octanol–water partition coefficient (Wildman–Crippen LogP) is 3.40. The molecule has 28 heavy (non-hydrogen) atoms. The zero-order valence-corrected chi connectivity index (χ0v) is 15.2. The molecule has 0 atom stereocenters. The molecule has 0 aromatic heterocycles. The smallest absolute Gasteiger partial charge is 0.387 e. The molecule has 2 aromatic carbocycles. The first-order valence-corrected chi connectivity index (χ1v) is 8.72. The number of carbonyl (C=O) groups excluding carboxylic acids is 2. The predicted molar refractivity (Wildman–Crippen MR) is 100 cm³/mol. The Kier molecular flexibility index (Phi) is 5.98. The molecule has 0 spiro atoms. The summed E-state index contributed by atoms with van der Waals surface area (Å²) in [6.07, 6.45) is 0.368. The van der Waals surface area contributed by atoms with Gasteiger partial charge in [-0.3, -0.25) is 9.59 Å². The number of carbonyl (C=O) groups is 2. The van der Waals surface area contributed by atoms with E-state index in [0.717, 1.165) is 5.56 Å². The highest BCUT2D eigenvalue weighted by Gasteiger charge is 2.25. The van der Waals surface area contributed by atoms with Gasteiger partial charge in [0.05, 0.1) is 5.69 Å². The molecule has 2 aromatic rings. The molecule has 0 unspecified atom stereocenters. The van der Waals surface area contributed by atoms with E-state index in [2.05, 4.69) is 15.2 Å². The number of hydrogen-bond donors (Lipinski definition) is 1. The van der Waals surface area contributed by atoms with Crippen LogP contribution in [0.5, 0.6) is 5.75 Å². The van der Waals surface area contributed by atoms with E-state index in [9.17, 15) is 18.4 Å². The van der Waals surface area contributed by atoms with Crippen LogP contribution in [0.2, 0.25) is 0 Å². The third-order valence-electron chi connectivity index (χ3n) is 4.17. The van der Waals surface area contributed by atoms with Gasteiger partial charge in [0.25, 0.3) is 5.91 Å². The van der Waals surface area contributed by atoms with Crippen molar-refractivity contribution in [3.05, 3.63) is 59.7 Å². The topological polar surface area (TPSA) is 71.0 Å². The van der Waals surface area contributed by atoms with Crippen molar-refractivity contribution in [1.29, 1.82) is 0 Å². The largest absolute Gasteiger partial charge is 0.434 e. The molecule has 1 N–H and O–H groups in total. The van der Waals surface area contributed by atoms with Crippen LogP contribution in [0.15, 0.2) is 53.6 Å². The van der Waals surface area contributed by atoms with Gasteiger partial charge in [-0.05, 0) is 30.7 Å². The van der Waals surface area contributed by atoms with E-state index in [4.69, 9.17) is 0 Å². The number of alkyl halides is 2. The minimum Gasteiger partial charge on any atom is -0.434 e. The lowest BCUT2D eigenvalue weighted by Gasteiger charge is -2.23. The van der Waals surface area contributed by atoms with E-state index < -0.39 is 12.5 Å². The van der Waals surface area contributed by atoms with Crippen LogP contribution in [0.3, 0.4) is 0 Å². The quantitative estimate of drug-likeness (QED) is 0.826. The molecule has 3 rings (SSSR count). The van der Waals surface area contributed by atoms with Gasteiger partial charge in [-0.2, -0.15) is 13.9 Å². The molecule has 0 radical (unpaired) electrons. The van der Waals surface area contributed by atoms with Crippen LogP contribution >= 0.6 is 0 Å². The van der Waals surface area contributed by atoms with Crippen molar-refractivity contribution in [2.45, 2.75) is 32.9 Å². The zero-order chi connectivity index (χ0) is 20.1. The highest BCUT2D eigenvalue weighted by molar-refractivity contribution is 6.40. The summed E-state index contributed by atoms with van der Waals surface area (Å²) in [5.74, 6) is -0.658.